The van der Waals surface area contributed by atoms with Gasteiger partial charge in [-0.2, -0.15) is 0 Å². The van der Waals surface area contributed by atoms with Gasteiger partial charge in [0, 0.05) is 6.21 Å². The van der Waals surface area contributed by atoms with Crippen molar-refractivity contribution in [3.05, 3.63) is 163 Å². The first kappa shape index (κ1) is 26.1. The minimum atomic E-state index is 0.774. The molecule has 0 amide bonds. The lowest BCUT2D eigenvalue weighted by Gasteiger charge is -2.14. The van der Waals surface area contributed by atoms with Crippen LogP contribution in [0, 0.1) is 0 Å². The highest BCUT2D eigenvalue weighted by Crippen LogP contribution is 2.40. The maximum atomic E-state index is 4.60. The number of rotatable bonds is 5. The van der Waals surface area contributed by atoms with Crippen molar-refractivity contribution in [3.8, 4) is 22.3 Å². The van der Waals surface area contributed by atoms with E-state index in [0.29, 0.717) is 0 Å². The molecule has 0 radical (unpaired) electrons. The number of nitrogens with zero attached hydrogens (tertiary/aromatic N) is 1. The SMILES string of the molecule is C=C(N=CC1=CCCC=C1)c1ccc(-c2ccc(-c3ccc4c5ccccc5c5ccc6ccccc6c5c4c3)cc2)cc1. The number of benzene rings is 7. The Balaban J connectivity index is 1.14. The van der Waals surface area contributed by atoms with E-state index in [-0.39, 0.29) is 0 Å². The Kier molecular flexibility index (Phi) is 6.50. The van der Waals surface area contributed by atoms with Crippen LogP contribution in [0.2, 0.25) is 0 Å². The third kappa shape index (κ3) is 4.64. The number of hydrogen-bond donors (Lipinski definition) is 0. The van der Waals surface area contributed by atoms with Crippen LogP contribution in [-0.4, -0.2) is 6.21 Å². The number of aliphatic imine (C=N–C) groups is 1. The molecule has 7 aromatic rings. The van der Waals surface area contributed by atoms with E-state index in [1.807, 2.05) is 6.21 Å². The normalized spacial score (nSPS) is 13.3. The Morgan fingerprint density at radius 2 is 1.14 bits per heavy atom. The molecule has 0 heterocycles. The molecule has 1 heteroatoms. The fraction of sp³-hybridized carbons (Fsp3) is 0.0465. The first-order valence-electron chi connectivity index (χ1n) is 15.3. The molecule has 44 heavy (non-hydrogen) atoms. The van der Waals surface area contributed by atoms with Crippen molar-refractivity contribution in [1.29, 1.82) is 0 Å². The summed E-state index contributed by atoms with van der Waals surface area (Å²) in [6.45, 7) is 4.18. The van der Waals surface area contributed by atoms with E-state index < -0.39 is 0 Å². The zero-order valence-corrected chi connectivity index (χ0v) is 24.5. The summed E-state index contributed by atoms with van der Waals surface area (Å²) in [7, 11) is 0. The van der Waals surface area contributed by atoms with Crippen LogP contribution in [0.15, 0.2) is 163 Å². The highest BCUT2D eigenvalue weighted by atomic mass is 14.7. The van der Waals surface area contributed by atoms with E-state index in [9.17, 15) is 0 Å². The summed E-state index contributed by atoms with van der Waals surface area (Å²) in [5, 5.41) is 10.4. The van der Waals surface area contributed by atoms with E-state index in [0.717, 1.165) is 29.7 Å². The molecule has 208 valence electrons. The highest BCUT2D eigenvalue weighted by Gasteiger charge is 2.12. The van der Waals surface area contributed by atoms with Crippen LogP contribution in [0.1, 0.15) is 18.4 Å². The lowest BCUT2D eigenvalue weighted by Crippen LogP contribution is -1.88. The van der Waals surface area contributed by atoms with Crippen molar-refractivity contribution in [2.75, 3.05) is 0 Å². The molecule has 0 fully saturated rings. The zero-order valence-electron chi connectivity index (χ0n) is 24.5. The first-order chi connectivity index (χ1) is 21.7. The fourth-order valence-corrected chi connectivity index (χ4v) is 6.57. The minimum Gasteiger partial charge on any atom is -0.256 e. The number of hydrogen-bond acceptors (Lipinski definition) is 1. The second-order valence-electron chi connectivity index (χ2n) is 11.6. The molecule has 1 nitrogen and oxygen atoms in total. The maximum absolute atomic E-state index is 4.60. The van der Waals surface area contributed by atoms with Crippen molar-refractivity contribution in [1.82, 2.24) is 0 Å². The monoisotopic (exact) mass is 561 g/mol. The van der Waals surface area contributed by atoms with Crippen LogP contribution in [-0.2, 0) is 0 Å². The number of fused-ring (bicyclic) bond motifs is 8. The molecule has 1 aliphatic carbocycles. The molecule has 0 aliphatic heterocycles. The molecule has 0 bridgehead atoms. The molecule has 1 aliphatic rings. The molecular formula is C43H31N. The third-order valence-corrected chi connectivity index (χ3v) is 8.89. The van der Waals surface area contributed by atoms with Crippen LogP contribution in [0.5, 0.6) is 0 Å². The van der Waals surface area contributed by atoms with Crippen molar-refractivity contribution >= 4 is 55.0 Å². The van der Waals surface area contributed by atoms with Gasteiger partial charge in [0.05, 0.1) is 5.70 Å². The standard InChI is InChI=1S/C43H31N/c1-29(44-28-30-9-3-2-4-10-30)31-15-17-32(18-16-31)33-19-21-34(22-20-33)36-24-25-40-38-13-7-8-14-39(38)41-26-23-35-11-5-6-12-37(35)43(41)42(40)27-36/h3,5-28H,1-2,4H2. The van der Waals surface area contributed by atoms with Gasteiger partial charge >= 0.3 is 0 Å². The van der Waals surface area contributed by atoms with Crippen molar-refractivity contribution in [3.63, 3.8) is 0 Å². The molecule has 0 saturated heterocycles. The van der Waals surface area contributed by atoms with Gasteiger partial charge in [0.25, 0.3) is 0 Å². The van der Waals surface area contributed by atoms with Crippen molar-refractivity contribution in [2.45, 2.75) is 12.8 Å². The molecule has 0 saturated carbocycles. The van der Waals surface area contributed by atoms with Crippen LogP contribution >= 0.6 is 0 Å². The van der Waals surface area contributed by atoms with Gasteiger partial charge in [0.1, 0.15) is 0 Å². The van der Waals surface area contributed by atoms with Gasteiger partial charge in [-0.15, -0.1) is 0 Å². The predicted octanol–water partition coefficient (Wildman–Crippen LogP) is 12.0. The second-order valence-corrected chi connectivity index (χ2v) is 11.6. The van der Waals surface area contributed by atoms with E-state index in [1.54, 1.807) is 0 Å². The average molecular weight is 562 g/mol. The van der Waals surface area contributed by atoms with Crippen molar-refractivity contribution in [2.24, 2.45) is 4.99 Å². The topological polar surface area (TPSA) is 12.4 Å². The minimum absolute atomic E-state index is 0.774. The Bertz CT molecular complexity index is 2310. The van der Waals surface area contributed by atoms with Gasteiger partial charge in [-0.3, -0.25) is 4.99 Å². The second kappa shape index (κ2) is 10.9. The van der Waals surface area contributed by atoms with E-state index >= 15 is 0 Å². The van der Waals surface area contributed by atoms with Gasteiger partial charge in [0.2, 0.25) is 0 Å². The fourth-order valence-electron chi connectivity index (χ4n) is 6.57. The van der Waals surface area contributed by atoms with E-state index in [4.69, 9.17) is 0 Å². The lowest BCUT2D eigenvalue weighted by molar-refractivity contribution is 1.03. The molecule has 0 aromatic heterocycles. The molecule has 7 aromatic carbocycles. The summed E-state index contributed by atoms with van der Waals surface area (Å²) in [5.74, 6) is 0. The van der Waals surface area contributed by atoms with Gasteiger partial charge in [-0.25, -0.2) is 0 Å². The Hall–Kier alpha value is -5.53. The lowest BCUT2D eigenvalue weighted by atomic mass is 9.89. The summed E-state index contributed by atoms with van der Waals surface area (Å²) in [6, 6.07) is 46.5. The average Bonchev–Trinajstić information content (AvgIpc) is 3.10. The highest BCUT2D eigenvalue weighted by molar-refractivity contribution is 6.31. The Morgan fingerprint density at radius 3 is 1.86 bits per heavy atom. The number of allylic oxidation sites excluding steroid dienone is 4. The molecular weight excluding hydrogens is 530 g/mol. The zero-order chi connectivity index (χ0) is 29.5. The summed E-state index contributed by atoms with van der Waals surface area (Å²) < 4.78 is 0. The predicted molar refractivity (Wildman–Crippen MR) is 191 cm³/mol. The summed E-state index contributed by atoms with van der Waals surface area (Å²) >= 11 is 0. The van der Waals surface area contributed by atoms with Gasteiger partial charge in [-0.1, -0.05) is 146 Å². The van der Waals surface area contributed by atoms with Gasteiger partial charge in [0.15, 0.2) is 0 Å². The molecule has 0 spiro atoms. The largest absolute Gasteiger partial charge is 0.256 e. The maximum Gasteiger partial charge on any atom is 0.0630 e. The molecule has 0 N–H and O–H groups in total. The van der Waals surface area contributed by atoms with Gasteiger partial charge in [-0.05, 0) is 95.4 Å². The smallest absolute Gasteiger partial charge is 0.0630 e. The summed E-state index contributed by atoms with van der Waals surface area (Å²) in [6.07, 6.45) is 10.6. The summed E-state index contributed by atoms with van der Waals surface area (Å²) in [5.41, 5.74) is 7.76. The quantitative estimate of drug-likeness (QED) is 0.146. The Morgan fingerprint density at radius 1 is 0.545 bits per heavy atom. The molecule has 0 atom stereocenters. The Labute approximate surface area is 257 Å². The van der Waals surface area contributed by atoms with Crippen LogP contribution in [0.4, 0.5) is 0 Å². The summed E-state index contributed by atoms with van der Waals surface area (Å²) in [4.78, 5) is 4.60. The van der Waals surface area contributed by atoms with Gasteiger partial charge < -0.3 is 0 Å². The van der Waals surface area contributed by atoms with Crippen LogP contribution in [0.3, 0.4) is 0 Å². The van der Waals surface area contributed by atoms with Crippen molar-refractivity contribution < 1.29 is 0 Å². The van der Waals surface area contributed by atoms with E-state index in [2.05, 4.69) is 157 Å². The molecule has 8 rings (SSSR count). The first-order valence-corrected chi connectivity index (χ1v) is 15.3. The van der Waals surface area contributed by atoms with E-state index in [1.165, 1.54) is 65.3 Å². The van der Waals surface area contributed by atoms with Crippen LogP contribution in [0.25, 0.3) is 71.0 Å². The molecule has 0 unspecified atom stereocenters. The third-order valence-electron chi connectivity index (χ3n) is 8.89. The van der Waals surface area contributed by atoms with Crippen LogP contribution < -0.4 is 0 Å².